The highest BCUT2D eigenvalue weighted by Gasteiger charge is 2.22. The molecule has 42 heavy (non-hydrogen) atoms. The van der Waals surface area contributed by atoms with Gasteiger partial charge in [0.15, 0.2) is 0 Å². The monoisotopic (exact) mass is 571 g/mol. The van der Waals surface area contributed by atoms with E-state index < -0.39 is 5.92 Å². The van der Waals surface area contributed by atoms with Gasteiger partial charge in [-0.2, -0.15) is 0 Å². The normalized spacial score (nSPS) is 12.7. The summed E-state index contributed by atoms with van der Waals surface area (Å²) in [7, 11) is 0. The van der Waals surface area contributed by atoms with Crippen molar-refractivity contribution >= 4 is 29.5 Å². The summed E-state index contributed by atoms with van der Waals surface area (Å²) in [6.45, 7) is 2.76. The van der Waals surface area contributed by atoms with Crippen LogP contribution in [0.4, 0.5) is 5.69 Å². The minimum atomic E-state index is -0.423. The van der Waals surface area contributed by atoms with Gasteiger partial charge in [0.2, 0.25) is 5.91 Å². The number of aldehydes is 1. The van der Waals surface area contributed by atoms with Crippen LogP contribution >= 0.6 is 11.6 Å². The molecule has 0 saturated carbocycles. The molecule has 5 aromatic rings. The van der Waals surface area contributed by atoms with Crippen LogP contribution in [-0.4, -0.2) is 18.8 Å². The lowest BCUT2D eigenvalue weighted by Crippen LogP contribution is -2.23. The molecule has 5 heteroatoms. The second kappa shape index (κ2) is 12.1. The largest absolute Gasteiger partial charge is 0.493 e. The lowest BCUT2D eigenvalue weighted by atomic mass is 9.89. The van der Waals surface area contributed by atoms with E-state index in [1.807, 2.05) is 79.7 Å². The number of carbonyl (C=O) groups is 2. The molecule has 1 aliphatic rings. The third-order valence-corrected chi connectivity index (χ3v) is 8.09. The Kier molecular flexibility index (Phi) is 7.89. The molecule has 0 fully saturated rings. The first-order chi connectivity index (χ1) is 20.5. The van der Waals surface area contributed by atoms with Crippen LogP contribution in [0, 0.1) is 6.92 Å². The standard InChI is InChI=1S/C37H30ClNO3/c1-24-20-32(38)13-16-34(24)28-10-14-33(15-11-28)39-37(41)35(21-25-2-4-26(23-40)5-3-25)29-8-6-27(7-9-29)30-12-17-36-31(22-30)18-19-42-36/h2-17,20,22-23,35H,18-19,21H2,1H3,(H,39,41). The first-order valence-corrected chi connectivity index (χ1v) is 14.4. The minimum Gasteiger partial charge on any atom is -0.493 e. The van der Waals surface area contributed by atoms with E-state index >= 15 is 0 Å². The highest BCUT2D eigenvalue weighted by Crippen LogP contribution is 2.32. The Bertz CT molecular complexity index is 1740. The van der Waals surface area contributed by atoms with Gasteiger partial charge in [-0.1, -0.05) is 84.4 Å². The van der Waals surface area contributed by atoms with E-state index in [2.05, 4.69) is 29.6 Å². The second-order valence-corrected chi connectivity index (χ2v) is 11.1. The zero-order chi connectivity index (χ0) is 29.1. The molecule has 1 amide bonds. The van der Waals surface area contributed by atoms with Crippen LogP contribution in [-0.2, 0) is 17.6 Å². The minimum absolute atomic E-state index is 0.0904. The van der Waals surface area contributed by atoms with Crippen molar-refractivity contribution in [3.63, 3.8) is 0 Å². The summed E-state index contributed by atoms with van der Waals surface area (Å²) in [4.78, 5) is 24.9. The molecule has 6 rings (SSSR count). The summed E-state index contributed by atoms with van der Waals surface area (Å²) >= 11 is 6.13. The van der Waals surface area contributed by atoms with Crippen molar-refractivity contribution < 1.29 is 14.3 Å². The lowest BCUT2D eigenvalue weighted by molar-refractivity contribution is -0.117. The van der Waals surface area contributed by atoms with E-state index in [4.69, 9.17) is 16.3 Å². The number of rotatable bonds is 8. The van der Waals surface area contributed by atoms with E-state index in [1.165, 1.54) is 5.56 Å². The van der Waals surface area contributed by atoms with Gasteiger partial charge in [0.1, 0.15) is 12.0 Å². The number of anilines is 1. The zero-order valence-corrected chi connectivity index (χ0v) is 24.0. The Morgan fingerprint density at radius 3 is 2.29 bits per heavy atom. The molecule has 0 aromatic heterocycles. The van der Waals surface area contributed by atoms with Gasteiger partial charge in [0, 0.05) is 22.7 Å². The van der Waals surface area contributed by atoms with Gasteiger partial charge in [0.25, 0.3) is 0 Å². The number of nitrogens with one attached hydrogen (secondary N) is 1. The summed E-state index contributed by atoms with van der Waals surface area (Å²) in [5, 5.41) is 3.84. The third-order valence-electron chi connectivity index (χ3n) is 7.86. The summed E-state index contributed by atoms with van der Waals surface area (Å²) in [6.07, 6.45) is 2.25. The molecule has 5 aromatic carbocycles. The summed E-state index contributed by atoms with van der Waals surface area (Å²) in [5.41, 5.74) is 9.96. The molecule has 208 valence electrons. The van der Waals surface area contributed by atoms with Gasteiger partial charge in [-0.05, 0) is 94.3 Å². The van der Waals surface area contributed by atoms with Gasteiger partial charge >= 0.3 is 0 Å². The average Bonchev–Trinajstić information content (AvgIpc) is 3.49. The molecule has 1 heterocycles. The molecule has 0 radical (unpaired) electrons. The highest BCUT2D eigenvalue weighted by molar-refractivity contribution is 6.30. The van der Waals surface area contributed by atoms with E-state index in [9.17, 15) is 9.59 Å². The molecule has 0 spiro atoms. The van der Waals surface area contributed by atoms with Crippen LogP contribution in [0.15, 0.2) is 109 Å². The van der Waals surface area contributed by atoms with Crippen molar-refractivity contribution in [1.82, 2.24) is 0 Å². The van der Waals surface area contributed by atoms with Crippen molar-refractivity contribution in [2.45, 2.75) is 25.7 Å². The molecule has 1 N–H and O–H groups in total. The molecule has 1 unspecified atom stereocenters. The molecule has 0 bridgehead atoms. The van der Waals surface area contributed by atoms with Crippen molar-refractivity contribution in [2.24, 2.45) is 0 Å². The fourth-order valence-corrected chi connectivity index (χ4v) is 5.74. The predicted octanol–water partition coefficient (Wildman–Crippen LogP) is 8.69. The first-order valence-electron chi connectivity index (χ1n) is 14.0. The predicted molar refractivity (Wildman–Crippen MR) is 170 cm³/mol. The fraction of sp³-hybridized carbons (Fsp3) is 0.135. The van der Waals surface area contributed by atoms with Gasteiger partial charge < -0.3 is 10.1 Å². The SMILES string of the molecule is Cc1cc(Cl)ccc1-c1ccc(NC(=O)C(Cc2ccc(C=O)cc2)c2ccc(-c3ccc4c(c3)CCO4)cc2)cc1. The van der Waals surface area contributed by atoms with E-state index in [-0.39, 0.29) is 5.91 Å². The third kappa shape index (κ3) is 6.00. The van der Waals surface area contributed by atoms with Crippen LogP contribution in [0.5, 0.6) is 5.75 Å². The second-order valence-electron chi connectivity index (χ2n) is 10.7. The molecular formula is C37H30ClNO3. The summed E-state index contributed by atoms with van der Waals surface area (Å²) in [6, 6.07) is 35.6. The smallest absolute Gasteiger partial charge is 0.232 e. The Morgan fingerprint density at radius 1 is 0.857 bits per heavy atom. The summed E-state index contributed by atoms with van der Waals surface area (Å²) < 4.78 is 5.66. The number of carbonyl (C=O) groups excluding carboxylic acids is 2. The number of benzene rings is 5. The Morgan fingerprint density at radius 2 is 1.57 bits per heavy atom. The Hall–Kier alpha value is -4.67. The van der Waals surface area contributed by atoms with Crippen molar-refractivity contribution in [2.75, 3.05) is 11.9 Å². The highest BCUT2D eigenvalue weighted by atomic mass is 35.5. The van der Waals surface area contributed by atoms with Crippen LogP contribution in [0.1, 0.15) is 38.5 Å². The maximum atomic E-state index is 13.8. The van der Waals surface area contributed by atoms with Gasteiger partial charge in [-0.15, -0.1) is 0 Å². The lowest BCUT2D eigenvalue weighted by Gasteiger charge is -2.19. The zero-order valence-electron chi connectivity index (χ0n) is 23.3. The molecule has 1 aliphatic heterocycles. The topological polar surface area (TPSA) is 55.4 Å². The van der Waals surface area contributed by atoms with Crippen molar-refractivity contribution in [3.05, 3.63) is 142 Å². The number of ether oxygens (including phenoxy) is 1. The van der Waals surface area contributed by atoms with Gasteiger partial charge in [-0.3, -0.25) is 9.59 Å². The Labute approximate surface area is 250 Å². The number of halogens is 1. The quantitative estimate of drug-likeness (QED) is 0.189. The number of aryl methyl sites for hydroxylation is 1. The van der Waals surface area contributed by atoms with Crippen molar-refractivity contribution in [1.29, 1.82) is 0 Å². The maximum absolute atomic E-state index is 13.8. The Balaban J connectivity index is 1.25. The maximum Gasteiger partial charge on any atom is 0.232 e. The average molecular weight is 572 g/mol. The van der Waals surface area contributed by atoms with Gasteiger partial charge in [-0.25, -0.2) is 0 Å². The first kappa shape index (κ1) is 27.5. The van der Waals surface area contributed by atoms with Crippen LogP contribution in [0.3, 0.4) is 0 Å². The molecule has 0 aliphatic carbocycles. The van der Waals surface area contributed by atoms with Crippen LogP contribution in [0.25, 0.3) is 22.3 Å². The molecule has 1 atom stereocenters. The molecule has 0 saturated heterocycles. The van der Waals surface area contributed by atoms with Crippen LogP contribution < -0.4 is 10.1 Å². The molecular weight excluding hydrogens is 542 g/mol. The number of hydrogen-bond donors (Lipinski definition) is 1. The summed E-state index contributed by atoms with van der Waals surface area (Å²) in [5.74, 6) is 0.448. The molecule has 4 nitrogen and oxygen atoms in total. The van der Waals surface area contributed by atoms with Crippen LogP contribution in [0.2, 0.25) is 5.02 Å². The van der Waals surface area contributed by atoms with Crippen molar-refractivity contribution in [3.8, 4) is 28.0 Å². The number of hydrogen-bond acceptors (Lipinski definition) is 3. The number of fused-ring (bicyclic) bond motifs is 1. The van der Waals surface area contributed by atoms with E-state index in [1.54, 1.807) is 12.1 Å². The fourth-order valence-electron chi connectivity index (χ4n) is 5.52. The number of amides is 1. The van der Waals surface area contributed by atoms with E-state index in [0.717, 1.165) is 69.7 Å². The van der Waals surface area contributed by atoms with E-state index in [0.29, 0.717) is 17.0 Å². The van der Waals surface area contributed by atoms with Gasteiger partial charge in [0.05, 0.1) is 12.5 Å².